The molecule has 3 atom stereocenters. The first-order valence-electron chi connectivity index (χ1n) is 9.83. The maximum absolute atomic E-state index is 2.41. The van der Waals surface area contributed by atoms with E-state index in [1.807, 2.05) is 0 Å². The summed E-state index contributed by atoms with van der Waals surface area (Å²) in [4.78, 5) is 2.41. The minimum Gasteiger partial charge on any atom is -0.358 e. The van der Waals surface area contributed by atoms with Crippen LogP contribution in [-0.4, -0.2) is 25.0 Å². The van der Waals surface area contributed by atoms with Crippen LogP contribution in [0.5, 0.6) is 0 Å². The molecule has 0 saturated heterocycles. The van der Waals surface area contributed by atoms with Crippen LogP contribution in [-0.2, 0) is 17.1 Å². The zero-order valence-electron chi connectivity index (χ0n) is 17.7. The van der Waals surface area contributed by atoms with Crippen molar-refractivity contribution in [2.45, 2.75) is 103 Å². The molecule has 0 aromatic carbocycles. The number of hydrogen-bond donors (Lipinski definition) is 0. The van der Waals surface area contributed by atoms with Gasteiger partial charge in [-0.1, -0.05) is 84.0 Å². The molecule has 2 aliphatic rings. The van der Waals surface area contributed by atoms with Gasteiger partial charge in [0.15, 0.2) is 0 Å². The van der Waals surface area contributed by atoms with E-state index in [2.05, 4.69) is 32.8 Å². The summed E-state index contributed by atoms with van der Waals surface area (Å²) in [7, 11) is 4.47. The van der Waals surface area contributed by atoms with E-state index in [4.69, 9.17) is 0 Å². The van der Waals surface area contributed by atoms with Crippen molar-refractivity contribution in [3.8, 4) is 0 Å². The van der Waals surface area contributed by atoms with Crippen LogP contribution in [0.15, 0.2) is 0 Å². The van der Waals surface area contributed by atoms with Gasteiger partial charge < -0.3 is 19.8 Å². The number of hydrogen-bond acceptors (Lipinski definition) is 1. The fourth-order valence-electron chi connectivity index (χ4n) is 4.16. The van der Waals surface area contributed by atoms with Gasteiger partial charge in [-0.05, 0) is 39.3 Å². The predicted octanol–water partition coefficient (Wildman–Crippen LogP) is 7.17. The van der Waals surface area contributed by atoms with Gasteiger partial charge in [0.1, 0.15) is 0 Å². The van der Waals surface area contributed by atoms with E-state index in [-0.39, 0.29) is 31.9 Å². The van der Waals surface area contributed by atoms with Crippen LogP contribution >= 0.6 is 0 Å². The van der Waals surface area contributed by atoms with Gasteiger partial charge in [0.05, 0.1) is 0 Å². The standard InChI is InChI=1S/C15H31N.C5H10.2CH3.Fe/c1-5-6-7-8-10-14-11-9-12-15(14)13(2)16(3)4;1-2-4-5-3-1;;;/h13-15H,5-12H2,1-4H3;1-5H2;2*1H3;/q;;2*-1;+2/t13-,14?,15?;;;;/m1..../s1. The molecular formula is C22H47FeN. The molecule has 2 saturated carbocycles. The van der Waals surface area contributed by atoms with Gasteiger partial charge in [-0.15, -0.1) is 0 Å². The van der Waals surface area contributed by atoms with Gasteiger partial charge in [-0.3, -0.25) is 0 Å². The Kier molecular flexibility index (Phi) is 22.3. The van der Waals surface area contributed by atoms with Gasteiger partial charge >= 0.3 is 17.1 Å². The van der Waals surface area contributed by atoms with Crippen molar-refractivity contribution in [1.82, 2.24) is 4.90 Å². The molecule has 1 nitrogen and oxygen atoms in total. The zero-order valence-corrected chi connectivity index (χ0v) is 18.8. The molecule has 2 unspecified atom stereocenters. The van der Waals surface area contributed by atoms with E-state index in [9.17, 15) is 0 Å². The molecule has 2 rings (SSSR count). The maximum atomic E-state index is 2.41. The SMILES string of the molecule is C1CCCC1.CCCCCCC1CCCC1[C@@H](C)N(C)C.[CH3-].[CH3-].[Fe+2]. The molecule has 0 amide bonds. The molecule has 2 heteroatoms. The zero-order chi connectivity index (χ0) is 15.5. The van der Waals surface area contributed by atoms with Gasteiger partial charge in [0.2, 0.25) is 0 Å². The summed E-state index contributed by atoms with van der Waals surface area (Å²) >= 11 is 0. The van der Waals surface area contributed by atoms with Crippen molar-refractivity contribution in [2.75, 3.05) is 14.1 Å². The van der Waals surface area contributed by atoms with E-state index < -0.39 is 0 Å². The molecule has 2 aliphatic carbocycles. The van der Waals surface area contributed by atoms with Crippen LogP contribution < -0.4 is 0 Å². The quantitative estimate of drug-likeness (QED) is 0.257. The second-order valence-corrected chi connectivity index (χ2v) is 7.68. The molecule has 0 aliphatic heterocycles. The Morgan fingerprint density at radius 3 is 1.83 bits per heavy atom. The molecule has 0 heterocycles. The summed E-state index contributed by atoms with van der Waals surface area (Å²) in [5.74, 6) is 1.99. The van der Waals surface area contributed by atoms with Crippen LogP contribution in [0, 0.1) is 26.7 Å². The smallest absolute Gasteiger partial charge is 0.358 e. The normalized spacial score (nSPS) is 23.4. The fourth-order valence-corrected chi connectivity index (χ4v) is 4.16. The van der Waals surface area contributed by atoms with Gasteiger partial charge in [0.25, 0.3) is 0 Å². The minimum atomic E-state index is 0. The van der Waals surface area contributed by atoms with Crippen LogP contribution in [0.2, 0.25) is 0 Å². The van der Waals surface area contributed by atoms with Crippen molar-refractivity contribution in [3.05, 3.63) is 14.9 Å². The maximum Gasteiger partial charge on any atom is 2.00 e. The van der Waals surface area contributed by atoms with E-state index in [1.165, 1.54) is 83.5 Å². The molecule has 24 heavy (non-hydrogen) atoms. The minimum absolute atomic E-state index is 0. The third-order valence-electron chi connectivity index (χ3n) is 5.83. The second-order valence-electron chi connectivity index (χ2n) is 7.68. The number of unbranched alkanes of at least 4 members (excludes halogenated alkanes) is 3. The van der Waals surface area contributed by atoms with Gasteiger partial charge in [-0.25, -0.2) is 0 Å². The Morgan fingerprint density at radius 2 is 1.38 bits per heavy atom. The first kappa shape index (κ1) is 29.3. The summed E-state index contributed by atoms with van der Waals surface area (Å²) in [6, 6.07) is 0.777. The van der Waals surface area contributed by atoms with Crippen LogP contribution in [0.1, 0.15) is 97.3 Å². The molecule has 0 radical (unpaired) electrons. The topological polar surface area (TPSA) is 3.24 Å². The molecule has 0 aromatic heterocycles. The summed E-state index contributed by atoms with van der Waals surface area (Å²) in [5, 5.41) is 0. The molecule has 2 fully saturated rings. The Hall–Kier alpha value is 0.479. The fraction of sp³-hybridized carbons (Fsp3) is 0.909. The number of nitrogens with zero attached hydrogens (tertiary/aromatic N) is 1. The van der Waals surface area contributed by atoms with Crippen LogP contribution in [0.4, 0.5) is 0 Å². The average molecular weight is 381 g/mol. The molecular weight excluding hydrogens is 334 g/mol. The Labute approximate surface area is 166 Å². The summed E-state index contributed by atoms with van der Waals surface area (Å²) in [6.07, 6.45) is 19.1. The summed E-state index contributed by atoms with van der Waals surface area (Å²) in [6.45, 7) is 4.71. The van der Waals surface area contributed by atoms with Crippen molar-refractivity contribution in [1.29, 1.82) is 0 Å². The molecule has 0 aromatic rings. The van der Waals surface area contributed by atoms with Crippen molar-refractivity contribution < 1.29 is 17.1 Å². The van der Waals surface area contributed by atoms with Crippen LogP contribution in [0.3, 0.4) is 0 Å². The van der Waals surface area contributed by atoms with Crippen molar-refractivity contribution in [2.24, 2.45) is 11.8 Å². The van der Waals surface area contributed by atoms with E-state index in [0.29, 0.717) is 0 Å². The molecule has 0 spiro atoms. The Bertz CT molecular complexity index is 231. The predicted molar refractivity (Wildman–Crippen MR) is 109 cm³/mol. The first-order valence-corrected chi connectivity index (χ1v) is 9.83. The van der Waals surface area contributed by atoms with Gasteiger partial charge in [0, 0.05) is 6.04 Å². The third-order valence-corrected chi connectivity index (χ3v) is 5.83. The third kappa shape index (κ3) is 11.9. The van der Waals surface area contributed by atoms with Gasteiger partial charge in [-0.2, -0.15) is 0 Å². The Balaban J connectivity index is -0.000000475. The summed E-state index contributed by atoms with van der Waals surface area (Å²) < 4.78 is 0. The van der Waals surface area contributed by atoms with Crippen molar-refractivity contribution >= 4 is 0 Å². The van der Waals surface area contributed by atoms with E-state index in [1.54, 1.807) is 0 Å². The second kappa shape index (κ2) is 18.3. The summed E-state index contributed by atoms with van der Waals surface area (Å²) in [5.41, 5.74) is 0. The average Bonchev–Trinajstić information content (AvgIpc) is 3.16. The monoisotopic (exact) mass is 381 g/mol. The molecule has 0 bridgehead atoms. The largest absolute Gasteiger partial charge is 2.00 e. The van der Waals surface area contributed by atoms with Crippen molar-refractivity contribution in [3.63, 3.8) is 0 Å². The molecule has 148 valence electrons. The number of rotatable bonds is 7. The Morgan fingerprint density at radius 1 is 0.833 bits per heavy atom. The van der Waals surface area contributed by atoms with E-state index in [0.717, 1.165) is 17.9 Å². The van der Waals surface area contributed by atoms with Crippen LogP contribution in [0.25, 0.3) is 0 Å². The first-order chi connectivity index (χ1) is 10.2. The molecule has 0 N–H and O–H groups in total. The van der Waals surface area contributed by atoms with E-state index >= 15 is 0 Å².